The van der Waals surface area contributed by atoms with Gasteiger partial charge in [0.2, 0.25) is 0 Å². The summed E-state index contributed by atoms with van der Waals surface area (Å²) in [6.45, 7) is 8.93. The van der Waals surface area contributed by atoms with Crippen molar-refractivity contribution in [2.45, 2.75) is 23.8 Å². The van der Waals surface area contributed by atoms with E-state index in [2.05, 4.69) is 10.2 Å². The Labute approximate surface area is 190 Å². The first-order chi connectivity index (χ1) is 15.3. The predicted molar refractivity (Wildman–Crippen MR) is 123 cm³/mol. The van der Waals surface area contributed by atoms with Crippen molar-refractivity contribution in [3.8, 4) is 6.07 Å². The molecule has 0 saturated heterocycles. The van der Waals surface area contributed by atoms with Crippen molar-refractivity contribution in [2.24, 2.45) is 0 Å². The maximum atomic E-state index is 13.2. The van der Waals surface area contributed by atoms with Crippen molar-refractivity contribution in [1.82, 2.24) is 0 Å². The maximum Gasteiger partial charge on any atom is 0.257 e. The number of benzene rings is 3. The van der Waals surface area contributed by atoms with E-state index in [1.807, 2.05) is 6.07 Å². The second-order valence-electron chi connectivity index (χ2n) is 7.33. The molecule has 160 valence electrons. The van der Waals surface area contributed by atoms with Gasteiger partial charge in [0.05, 0.1) is 18.2 Å². The molecular weight excluding hydrogens is 425 g/mol. The van der Waals surface area contributed by atoms with E-state index in [1.54, 1.807) is 61.5 Å². The summed E-state index contributed by atoms with van der Waals surface area (Å²) in [6, 6.07) is 19.5. The molecule has 0 fully saturated rings. The Morgan fingerprint density at radius 1 is 1.19 bits per heavy atom. The van der Waals surface area contributed by atoms with E-state index in [0.717, 1.165) is 4.90 Å². The van der Waals surface area contributed by atoms with E-state index in [0.29, 0.717) is 28.1 Å². The second kappa shape index (κ2) is 10.1. The molecule has 7 heteroatoms. The Balaban J connectivity index is 1.84. The van der Waals surface area contributed by atoms with Crippen LogP contribution in [0.15, 0.2) is 71.6 Å². The van der Waals surface area contributed by atoms with Crippen LogP contribution in [-0.2, 0) is 11.2 Å². The molecular formula is C25H20FN3O2S. The third kappa shape index (κ3) is 5.73. The van der Waals surface area contributed by atoms with Crippen LogP contribution in [0.1, 0.15) is 16.7 Å². The number of amides is 1. The highest BCUT2D eigenvalue weighted by Crippen LogP contribution is 2.28. The SMILES string of the molecule is [C-]#[N+]c1ccc(NC(=O)[C@@](O)(CSc2ccc(F)cc2)Cc2ccc(C#N)cc2)cc1C. The van der Waals surface area contributed by atoms with Crippen molar-refractivity contribution in [2.75, 3.05) is 11.1 Å². The summed E-state index contributed by atoms with van der Waals surface area (Å²) < 4.78 is 13.2. The molecule has 0 aliphatic carbocycles. The van der Waals surface area contributed by atoms with Gasteiger partial charge in [-0.25, -0.2) is 9.24 Å². The largest absolute Gasteiger partial charge is 0.379 e. The van der Waals surface area contributed by atoms with Crippen LogP contribution in [0.5, 0.6) is 0 Å². The van der Waals surface area contributed by atoms with Gasteiger partial charge in [-0.1, -0.05) is 18.2 Å². The molecule has 3 rings (SSSR count). The van der Waals surface area contributed by atoms with Crippen LogP contribution in [0.3, 0.4) is 0 Å². The molecule has 2 N–H and O–H groups in total. The molecule has 1 atom stereocenters. The highest BCUT2D eigenvalue weighted by Gasteiger charge is 2.36. The molecule has 0 aromatic heterocycles. The molecule has 0 unspecified atom stereocenters. The van der Waals surface area contributed by atoms with Gasteiger partial charge >= 0.3 is 0 Å². The number of aryl methyl sites for hydroxylation is 1. The normalized spacial score (nSPS) is 12.3. The zero-order valence-electron chi connectivity index (χ0n) is 17.3. The van der Waals surface area contributed by atoms with E-state index < -0.39 is 11.5 Å². The summed E-state index contributed by atoms with van der Waals surface area (Å²) in [6.07, 6.45) is 0.0257. The summed E-state index contributed by atoms with van der Waals surface area (Å²) in [5.74, 6) is -0.923. The highest BCUT2D eigenvalue weighted by atomic mass is 32.2. The van der Waals surface area contributed by atoms with Crippen LogP contribution in [0, 0.1) is 30.6 Å². The van der Waals surface area contributed by atoms with E-state index in [1.165, 1.54) is 23.9 Å². The lowest BCUT2D eigenvalue weighted by Crippen LogP contribution is -2.47. The van der Waals surface area contributed by atoms with Gasteiger partial charge in [-0.3, -0.25) is 4.79 Å². The van der Waals surface area contributed by atoms with Crippen LogP contribution in [-0.4, -0.2) is 22.4 Å². The molecule has 0 saturated carbocycles. The molecule has 0 bridgehead atoms. The van der Waals surface area contributed by atoms with E-state index in [-0.39, 0.29) is 18.0 Å². The number of carbonyl (C=O) groups is 1. The first-order valence-electron chi connectivity index (χ1n) is 9.72. The lowest BCUT2D eigenvalue weighted by atomic mass is 9.94. The average molecular weight is 446 g/mol. The minimum atomic E-state index is -1.78. The Hall–Kier alpha value is -3.65. The number of aliphatic hydroxyl groups is 1. The molecule has 3 aromatic rings. The number of hydrogen-bond donors (Lipinski definition) is 2. The molecule has 0 spiro atoms. The number of nitrogens with one attached hydrogen (secondary N) is 1. The third-order valence-electron chi connectivity index (χ3n) is 4.87. The second-order valence-corrected chi connectivity index (χ2v) is 8.38. The fourth-order valence-corrected chi connectivity index (χ4v) is 4.04. The topological polar surface area (TPSA) is 77.5 Å². The number of anilines is 1. The summed E-state index contributed by atoms with van der Waals surface area (Å²) in [4.78, 5) is 17.3. The Morgan fingerprint density at radius 2 is 1.88 bits per heavy atom. The quantitative estimate of drug-likeness (QED) is 0.384. The fourth-order valence-electron chi connectivity index (χ4n) is 3.07. The summed E-state index contributed by atoms with van der Waals surface area (Å²) in [5, 5.41) is 23.1. The van der Waals surface area contributed by atoms with Crippen molar-refractivity contribution in [1.29, 1.82) is 5.26 Å². The lowest BCUT2D eigenvalue weighted by Gasteiger charge is -2.27. The van der Waals surface area contributed by atoms with Crippen LogP contribution in [0.4, 0.5) is 15.8 Å². The van der Waals surface area contributed by atoms with Gasteiger partial charge in [-0.2, -0.15) is 5.26 Å². The standard InChI is InChI=1S/C25H20FN3O2S/c1-17-13-21(9-12-23(17)28-2)29-24(30)25(31,14-18-3-5-19(15-27)6-4-18)16-32-22-10-7-20(26)8-11-22/h3-13,31H,14,16H2,1H3,(H,29,30)/t25-/m0/s1. The number of rotatable bonds is 7. The Bertz CT molecular complexity index is 1200. The molecule has 0 heterocycles. The van der Waals surface area contributed by atoms with E-state index in [4.69, 9.17) is 11.8 Å². The van der Waals surface area contributed by atoms with Gasteiger partial charge in [0, 0.05) is 22.8 Å². The Morgan fingerprint density at radius 3 is 2.47 bits per heavy atom. The fraction of sp³-hybridized carbons (Fsp3) is 0.160. The van der Waals surface area contributed by atoms with Crippen LogP contribution >= 0.6 is 11.8 Å². The van der Waals surface area contributed by atoms with Gasteiger partial charge in [0.1, 0.15) is 5.82 Å². The number of nitrogens with zero attached hydrogens (tertiary/aromatic N) is 2. The number of halogens is 1. The van der Waals surface area contributed by atoms with Crippen molar-refractivity contribution >= 4 is 29.0 Å². The van der Waals surface area contributed by atoms with Gasteiger partial charge in [0.25, 0.3) is 5.91 Å². The zero-order chi connectivity index (χ0) is 23.1. The third-order valence-corrected chi connectivity index (χ3v) is 6.10. The number of nitriles is 1. The molecule has 0 aliphatic heterocycles. The molecule has 0 aliphatic rings. The van der Waals surface area contributed by atoms with Crippen LogP contribution in [0.2, 0.25) is 0 Å². The van der Waals surface area contributed by atoms with Crippen LogP contribution in [0.25, 0.3) is 4.85 Å². The molecule has 1 amide bonds. The summed E-state index contributed by atoms with van der Waals surface area (Å²) >= 11 is 1.24. The van der Waals surface area contributed by atoms with Crippen molar-refractivity contribution in [3.05, 3.63) is 101 Å². The zero-order valence-corrected chi connectivity index (χ0v) is 18.1. The van der Waals surface area contributed by atoms with Crippen LogP contribution < -0.4 is 5.32 Å². The number of carbonyl (C=O) groups excluding carboxylic acids is 1. The van der Waals surface area contributed by atoms with Crippen molar-refractivity contribution < 1.29 is 14.3 Å². The molecule has 32 heavy (non-hydrogen) atoms. The number of hydrogen-bond acceptors (Lipinski definition) is 4. The minimum Gasteiger partial charge on any atom is -0.379 e. The average Bonchev–Trinajstić information content (AvgIpc) is 2.79. The van der Waals surface area contributed by atoms with E-state index in [9.17, 15) is 14.3 Å². The number of thioether (sulfide) groups is 1. The van der Waals surface area contributed by atoms with Crippen molar-refractivity contribution in [3.63, 3.8) is 0 Å². The molecule has 0 radical (unpaired) electrons. The lowest BCUT2D eigenvalue weighted by molar-refractivity contribution is -0.131. The van der Waals surface area contributed by atoms with Gasteiger partial charge in [0.15, 0.2) is 11.3 Å². The maximum absolute atomic E-state index is 13.2. The highest BCUT2D eigenvalue weighted by molar-refractivity contribution is 7.99. The first-order valence-corrected chi connectivity index (χ1v) is 10.7. The van der Waals surface area contributed by atoms with Gasteiger partial charge in [-0.05, 0) is 66.6 Å². The summed E-state index contributed by atoms with van der Waals surface area (Å²) in [7, 11) is 0. The smallest absolute Gasteiger partial charge is 0.257 e. The predicted octanol–water partition coefficient (Wildman–Crippen LogP) is 5.26. The monoisotopic (exact) mass is 445 g/mol. The van der Waals surface area contributed by atoms with E-state index >= 15 is 0 Å². The van der Waals surface area contributed by atoms with Gasteiger partial charge in [-0.15, -0.1) is 11.8 Å². The minimum absolute atomic E-state index is 0.0257. The van der Waals surface area contributed by atoms with Gasteiger partial charge < -0.3 is 10.4 Å². The molecule has 3 aromatic carbocycles. The Kier molecular flexibility index (Phi) is 7.27. The molecule has 5 nitrogen and oxygen atoms in total. The summed E-state index contributed by atoms with van der Waals surface area (Å²) in [5.41, 5.74) is 1.08. The first kappa shape index (κ1) is 23.0.